The Bertz CT molecular complexity index is 528. The summed E-state index contributed by atoms with van der Waals surface area (Å²) in [7, 11) is 0. The molecule has 2 aromatic rings. The highest BCUT2D eigenvalue weighted by molar-refractivity contribution is 5.83. The molecule has 18 heavy (non-hydrogen) atoms. The van der Waals surface area contributed by atoms with Gasteiger partial charge in [-0.3, -0.25) is 0 Å². The molecule has 0 radical (unpaired) electrons. The Balaban J connectivity index is 2.27. The average molecular weight is 241 g/mol. The van der Waals surface area contributed by atoms with Gasteiger partial charge in [0, 0.05) is 0 Å². The number of benzene rings is 2. The molecule has 0 aliphatic rings. The van der Waals surface area contributed by atoms with Crippen molar-refractivity contribution in [2.75, 3.05) is 6.54 Å². The van der Waals surface area contributed by atoms with E-state index in [1.165, 1.54) is 21.9 Å². The van der Waals surface area contributed by atoms with Gasteiger partial charge >= 0.3 is 0 Å². The molecule has 96 valence electrons. The monoisotopic (exact) mass is 241 g/mol. The van der Waals surface area contributed by atoms with E-state index in [9.17, 15) is 0 Å². The van der Waals surface area contributed by atoms with Gasteiger partial charge in [0.15, 0.2) is 0 Å². The van der Waals surface area contributed by atoms with Crippen molar-refractivity contribution in [1.82, 2.24) is 0 Å². The molecule has 0 aromatic heterocycles. The molecule has 2 aromatic carbocycles. The van der Waals surface area contributed by atoms with Crippen LogP contribution in [0.15, 0.2) is 36.4 Å². The molecular weight excluding hydrogens is 218 g/mol. The molecule has 0 amide bonds. The molecule has 0 saturated heterocycles. The Kier molecular flexibility index (Phi) is 4.03. The van der Waals surface area contributed by atoms with Gasteiger partial charge in [-0.2, -0.15) is 0 Å². The SMILES string of the molecule is Cc1ccc2cc(CC(CN)C(C)C)ccc2c1. The summed E-state index contributed by atoms with van der Waals surface area (Å²) >= 11 is 0. The maximum Gasteiger partial charge on any atom is -0.00432 e. The number of fused-ring (bicyclic) bond motifs is 1. The highest BCUT2D eigenvalue weighted by Gasteiger charge is 2.12. The summed E-state index contributed by atoms with van der Waals surface area (Å²) in [6.45, 7) is 7.41. The standard InChI is InChI=1S/C17H23N/c1-12(2)17(11-18)10-14-5-7-15-8-13(3)4-6-16(15)9-14/h4-9,12,17H,10-11,18H2,1-3H3. The van der Waals surface area contributed by atoms with Crippen molar-refractivity contribution < 1.29 is 0 Å². The van der Waals surface area contributed by atoms with E-state index in [4.69, 9.17) is 5.73 Å². The molecule has 0 fully saturated rings. The fraction of sp³-hybridized carbons (Fsp3) is 0.412. The van der Waals surface area contributed by atoms with E-state index >= 15 is 0 Å². The number of aryl methyl sites for hydroxylation is 1. The first-order valence-corrected chi connectivity index (χ1v) is 6.79. The van der Waals surface area contributed by atoms with Crippen molar-refractivity contribution in [2.24, 2.45) is 17.6 Å². The van der Waals surface area contributed by atoms with Crippen LogP contribution in [0.3, 0.4) is 0 Å². The zero-order chi connectivity index (χ0) is 13.1. The zero-order valence-electron chi connectivity index (χ0n) is 11.6. The van der Waals surface area contributed by atoms with Crippen LogP contribution in [0.25, 0.3) is 10.8 Å². The summed E-state index contributed by atoms with van der Waals surface area (Å²) in [6.07, 6.45) is 1.08. The van der Waals surface area contributed by atoms with Gasteiger partial charge in [0.2, 0.25) is 0 Å². The molecule has 1 unspecified atom stereocenters. The van der Waals surface area contributed by atoms with E-state index in [0.717, 1.165) is 13.0 Å². The quantitative estimate of drug-likeness (QED) is 0.862. The van der Waals surface area contributed by atoms with Gasteiger partial charge in [0.25, 0.3) is 0 Å². The first kappa shape index (κ1) is 13.1. The zero-order valence-corrected chi connectivity index (χ0v) is 11.6. The molecule has 0 heterocycles. The molecule has 0 bridgehead atoms. The predicted molar refractivity (Wildman–Crippen MR) is 79.8 cm³/mol. The van der Waals surface area contributed by atoms with Gasteiger partial charge in [0.1, 0.15) is 0 Å². The molecule has 0 aliphatic heterocycles. The van der Waals surface area contributed by atoms with Crippen LogP contribution in [-0.2, 0) is 6.42 Å². The Morgan fingerprint density at radius 2 is 1.67 bits per heavy atom. The van der Waals surface area contributed by atoms with Crippen LogP contribution in [0.1, 0.15) is 25.0 Å². The maximum atomic E-state index is 5.85. The molecule has 1 nitrogen and oxygen atoms in total. The van der Waals surface area contributed by atoms with Gasteiger partial charge in [0.05, 0.1) is 0 Å². The number of rotatable bonds is 4. The van der Waals surface area contributed by atoms with Gasteiger partial charge in [-0.1, -0.05) is 55.8 Å². The van der Waals surface area contributed by atoms with Crippen LogP contribution in [-0.4, -0.2) is 6.54 Å². The fourth-order valence-corrected chi connectivity index (χ4v) is 2.44. The third-order valence-electron chi connectivity index (χ3n) is 3.80. The van der Waals surface area contributed by atoms with Crippen LogP contribution >= 0.6 is 0 Å². The fourth-order valence-electron chi connectivity index (χ4n) is 2.44. The summed E-state index contributed by atoms with van der Waals surface area (Å²) in [5.74, 6) is 1.22. The lowest BCUT2D eigenvalue weighted by molar-refractivity contribution is 0.392. The van der Waals surface area contributed by atoms with Crippen molar-refractivity contribution in [1.29, 1.82) is 0 Å². The molecule has 0 spiro atoms. The second kappa shape index (κ2) is 5.53. The van der Waals surface area contributed by atoms with Crippen LogP contribution in [0.4, 0.5) is 0 Å². The van der Waals surface area contributed by atoms with Crippen LogP contribution in [0.2, 0.25) is 0 Å². The molecule has 2 N–H and O–H groups in total. The van der Waals surface area contributed by atoms with Crippen molar-refractivity contribution in [3.63, 3.8) is 0 Å². The predicted octanol–water partition coefficient (Wildman–Crippen LogP) is 3.92. The van der Waals surface area contributed by atoms with E-state index in [1.807, 2.05) is 0 Å². The first-order chi connectivity index (χ1) is 8.60. The Hall–Kier alpha value is -1.34. The lowest BCUT2D eigenvalue weighted by Crippen LogP contribution is -2.22. The van der Waals surface area contributed by atoms with E-state index in [0.29, 0.717) is 11.8 Å². The lowest BCUT2D eigenvalue weighted by atomic mass is 9.88. The van der Waals surface area contributed by atoms with Gasteiger partial charge < -0.3 is 5.73 Å². The number of hydrogen-bond donors (Lipinski definition) is 1. The number of nitrogens with two attached hydrogens (primary N) is 1. The molecule has 0 saturated carbocycles. The Morgan fingerprint density at radius 3 is 2.33 bits per heavy atom. The highest BCUT2D eigenvalue weighted by Crippen LogP contribution is 2.21. The van der Waals surface area contributed by atoms with E-state index in [1.54, 1.807) is 0 Å². The average Bonchev–Trinajstić information content (AvgIpc) is 2.35. The van der Waals surface area contributed by atoms with E-state index < -0.39 is 0 Å². The second-order valence-electron chi connectivity index (χ2n) is 5.63. The Morgan fingerprint density at radius 1 is 1.00 bits per heavy atom. The molecule has 0 aliphatic carbocycles. The maximum absolute atomic E-state index is 5.85. The van der Waals surface area contributed by atoms with Crippen LogP contribution in [0, 0.1) is 18.8 Å². The summed E-state index contributed by atoms with van der Waals surface area (Å²) in [5.41, 5.74) is 8.57. The largest absolute Gasteiger partial charge is 0.330 e. The number of hydrogen-bond acceptors (Lipinski definition) is 1. The normalized spacial score (nSPS) is 13.2. The second-order valence-corrected chi connectivity index (χ2v) is 5.63. The molecule has 1 heteroatoms. The van der Waals surface area contributed by atoms with Gasteiger partial charge in [-0.05, 0) is 48.1 Å². The van der Waals surface area contributed by atoms with Gasteiger partial charge in [-0.15, -0.1) is 0 Å². The summed E-state index contributed by atoms with van der Waals surface area (Å²) < 4.78 is 0. The summed E-state index contributed by atoms with van der Waals surface area (Å²) in [5, 5.41) is 2.66. The highest BCUT2D eigenvalue weighted by atomic mass is 14.5. The van der Waals surface area contributed by atoms with E-state index in [-0.39, 0.29) is 0 Å². The van der Waals surface area contributed by atoms with Crippen molar-refractivity contribution in [2.45, 2.75) is 27.2 Å². The van der Waals surface area contributed by atoms with Crippen molar-refractivity contribution in [3.8, 4) is 0 Å². The minimum Gasteiger partial charge on any atom is -0.330 e. The van der Waals surface area contributed by atoms with Crippen molar-refractivity contribution in [3.05, 3.63) is 47.5 Å². The summed E-state index contributed by atoms with van der Waals surface area (Å²) in [6, 6.07) is 13.4. The smallest absolute Gasteiger partial charge is 0.00432 e. The minimum absolute atomic E-state index is 0.577. The molecular formula is C17H23N. The first-order valence-electron chi connectivity index (χ1n) is 6.79. The van der Waals surface area contributed by atoms with Gasteiger partial charge in [-0.25, -0.2) is 0 Å². The van der Waals surface area contributed by atoms with E-state index in [2.05, 4.69) is 57.2 Å². The molecule has 2 rings (SSSR count). The third kappa shape index (κ3) is 2.91. The topological polar surface area (TPSA) is 26.0 Å². The van der Waals surface area contributed by atoms with Crippen molar-refractivity contribution >= 4 is 10.8 Å². The summed E-state index contributed by atoms with van der Waals surface area (Å²) in [4.78, 5) is 0. The Labute approximate surface area is 110 Å². The van der Waals surface area contributed by atoms with Crippen LogP contribution < -0.4 is 5.73 Å². The minimum atomic E-state index is 0.577. The van der Waals surface area contributed by atoms with Crippen LogP contribution in [0.5, 0.6) is 0 Å². The molecule has 1 atom stereocenters. The third-order valence-corrected chi connectivity index (χ3v) is 3.80. The lowest BCUT2D eigenvalue weighted by Gasteiger charge is -2.19.